The number of thiophene rings is 2. The highest BCUT2D eigenvalue weighted by atomic mass is 32.1. The van der Waals surface area contributed by atoms with Crippen molar-refractivity contribution in [3.63, 3.8) is 0 Å². The van der Waals surface area contributed by atoms with E-state index in [4.69, 9.17) is 0 Å². The average Bonchev–Trinajstić information content (AvgIpc) is 3.18. The molecule has 2 rings (SSSR count). The summed E-state index contributed by atoms with van der Waals surface area (Å²) in [6, 6.07) is 6.49. The molecule has 1 unspecified atom stereocenters. The summed E-state index contributed by atoms with van der Waals surface area (Å²) >= 11 is 3.57. The fraction of sp³-hybridized carbons (Fsp3) is 0.438. The summed E-state index contributed by atoms with van der Waals surface area (Å²) in [7, 11) is 3.94. The molecule has 0 aliphatic heterocycles. The predicted octanol–water partition coefficient (Wildman–Crippen LogP) is 3.66. The smallest absolute Gasteiger partial charge is 0.193 e. The Morgan fingerprint density at radius 3 is 2.86 bits per heavy atom. The Labute approximate surface area is 135 Å². The van der Waals surface area contributed by atoms with E-state index < -0.39 is 0 Å². The third kappa shape index (κ3) is 4.86. The minimum absolute atomic E-state index is 0.499. The van der Waals surface area contributed by atoms with Crippen molar-refractivity contribution < 1.29 is 0 Å². The molecule has 21 heavy (non-hydrogen) atoms. The van der Waals surface area contributed by atoms with Crippen molar-refractivity contribution in [2.45, 2.75) is 19.3 Å². The molecular formula is C16H23N3S2. The van der Waals surface area contributed by atoms with Crippen LogP contribution in [0.4, 0.5) is 0 Å². The van der Waals surface area contributed by atoms with Crippen molar-refractivity contribution in [1.82, 2.24) is 10.2 Å². The normalized spacial score (nSPS) is 13.2. The zero-order valence-corrected chi connectivity index (χ0v) is 14.5. The molecule has 0 aliphatic rings. The second-order valence-corrected chi connectivity index (χ2v) is 6.95. The number of hydrogen-bond donors (Lipinski definition) is 1. The number of nitrogens with one attached hydrogen (secondary N) is 1. The van der Waals surface area contributed by atoms with Gasteiger partial charge in [0.1, 0.15) is 0 Å². The van der Waals surface area contributed by atoms with Gasteiger partial charge in [-0.1, -0.05) is 13.0 Å². The minimum Gasteiger partial charge on any atom is -0.356 e. The van der Waals surface area contributed by atoms with Crippen molar-refractivity contribution in [3.8, 4) is 0 Å². The summed E-state index contributed by atoms with van der Waals surface area (Å²) in [6.07, 6.45) is 1.06. The van der Waals surface area contributed by atoms with Crippen LogP contribution in [0.2, 0.25) is 0 Å². The lowest BCUT2D eigenvalue weighted by Gasteiger charge is -2.23. The molecule has 5 heteroatoms. The number of aliphatic imine (C=N–C) groups is 1. The highest BCUT2D eigenvalue weighted by Crippen LogP contribution is 2.17. The van der Waals surface area contributed by atoms with Crippen LogP contribution < -0.4 is 5.32 Å². The SMILES string of the molecule is CN=C(NCC(C)c1ccsc1)N(C)CCc1cccs1. The lowest BCUT2D eigenvalue weighted by atomic mass is 10.1. The van der Waals surface area contributed by atoms with E-state index in [1.807, 2.05) is 18.4 Å². The second-order valence-electron chi connectivity index (χ2n) is 5.14. The molecule has 0 spiro atoms. The van der Waals surface area contributed by atoms with Crippen LogP contribution in [-0.4, -0.2) is 38.0 Å². The van der Waals surface area contributed by atoms with E-state index >= 15 is 0 Å². The molecule has 2 aromatic heterocycles. The Morgan fingerprint density at radius 1 is 1.38 bits per heavy atom. The molecule has 0 saturated heterocycles. The molecule has 1 atom stereocenters. The molecule has 0 bridgehead atoms. The average molecular weight is 322 g/mol. The maximum atomic E-state index is 4.38. The van der Waals surface area contributed by atoms with E-state index in [9.17, 15) is 0 Å². The monoisotopic (exact) mass is 321 g/mol. The van der Waals surface area contributed by atoms with Gasteiger partial charge in [-0.25, -0.2) is 0 Å². The molecule has 0 saturated carbocycles. The molecule has 0 radical (unpaired) electrons. The Kier molecular flexibility index (Phi) is 6.26. The van der Waals surface area contributed by atoms with Gasteiger partial charge >= 0.3 is 0 Å². The van der Waals surface area contributed by atoms with Gasteiger partial charge in [0.2, 0.25) is 0 Å². The quantitative estimate of drug-likeness (QED) is 0.649. The van der Waals surface area contributed by atoms with Crippen molar-refractivity contribution >= 4 is 28.6 Å². The van der Waals surface area contributed by atoms with Crippen LogP contribution in [0.1, 0.15) is 23.3 Å². The summed E-state index contributed by atoms with van der Waals surface area (Å²) in [6.45, 7) is 4.13. The second kappa shape index (κ2) is 8.20. The summed E-state index contributed by atoms with van der Waals surface area (Å²) in [4.78, 5) is 7.99. The number of guanidine groups is 1. The van der Waals surface area contributed by atoms with Crippen molar-refractivity contribution in [1.29, 1.82) is 0 Å². The maximum absolute atomic E-state index is 4.38. The Hall–Kier alpha value is -1.33. The van der Waals surface area contributed by atoms with Gasteiger partial charge in [-0.3, -0.25) is 4.99 Å². The predicted molar refractivity (Wildman–Crippen MR) is 94.7 cm³/mol. The molecule has 0 amide bonds. The lowest BCUT2D eigenvalue weighted by molar-refractivity contribution is 0.483. The van der Waals surface area contributed by atoms with Gasteiger partial charge in [0.25, 0.3) is 0 Å². The number of nitrogens with zero attached hydrogens (tertiary/aromatic N) is 2. The van der Waals surface area contributed by atoms with E-state index in [1.165, 1.54) is 10.4 Å². The molecule has 114 valence electrons. The summed E-state index contributed by atoms with van der Waals surface area (Å²) in [5.74, 6) is 1.47. The Balaban J connectivity index is 1.79. The van der Waals surface area contributed by atoms with Crippen LogP contribution >= 0.6 is 22.7 Å². The van der Waals surface area contributed by atoms with Gasteiger partial charge in [0.05, 0.1) is 0 Å². The first-order chi connectivity index (χ1) is 10.2. The van der Waals surface area contributed by atoms with Crippen molar-refractivity contribution in [3.05, 3.63) is 44.8 Å². The highest BCUT2D eigenvalue weighted by Gasteiger charge is 2.10. The van der Waals surface area contributed by atoms with E-state index in [0.717, 1.165) is 25.5 Å². The number of rotatable bonds is 6. The topological polar surface area (TPSA) is 27.6 Å². The van der Waals surface area contributed by atoms with Crippen LogP contribution in [0, 0.1) is 0 Å². The molecule has 0 fully saturated rings. The molecule has 1 N–H and O–H groups in total. The molecule has 2 aromatic rings. The summed E-state index contributed by atoms with van der Waals surface area (Å²) < 4.78 is 0. The summed E-state index contributed by atoms with van der Waals surface area (Å²) in [5.41, 5.74) is 1.39. The van der Waals surface area contributed by atoms with Gasteiger partial charge in [0, 0.05) is 32.1 Å². The van der Waals surface area contributed by atoms with Crippen molar-refractivity contribution in [2.75, 3.05) is 27.2 Å². The zero-order chi connectivity index (χ0) is 15.1. The summed E-state index contributed by atoms with van der Waals surface area (Å²) in [5, 5.41) is 9.95. The third-order valence-electron chi connectivity index (χ3n) is 3.53. The highest BCUT2D eigenvalue weighted by molar-refractivity contribution is 7.09. The Morgan fingerprint density at radius 2 is 2.24 bits per heavy atom. The molecule has 3 nitrogen and oxygen atoms in total. The van der Waals surface area contributed by atoms with Crippen LogP contribution in [0.15, 0.2) is 39.3 Å². The molecule has 0 aromatic carbocycles. The van der Waals surface area contributed by atoms with Crippen LogP contribution in [-0.2, 0) is 6.42 Å². The van der Waals surface area contributed by atoms with Crippen molar-refractivity contribution in [2.24, 2.45) is 4.99 Å². The largest absolute Gasteiger partial charge is 0.356 e. The fourth-order valence-electron chi connectivity index (χ4n) is 2.14. The zero-order valence-electron chi connectivity index (χ0n) is 12.9. The fourth-order valence-corrected chi connectivity index (χ4v) is 3.62. The van der Waals surface area contributed by atoms with Gasteiger partial charge in [-0.05, 0) is 46.2 Å². The maximum Gasteiger partial charge on any atom is 0.193 e. The van der Waals surface area contributed by atoms with E-state index in [-0.39, 0.29) is 0 Å². The standard InChI is InChI=1S/C16H23N3S2/c1-13(14-7-10-20-12-14)11-18-16(17-2)19(3)8-6-15-5-4-9-21-15/h4-5,7,9-10,12-13H,6,8,11H2,1-3H3,(H,17,18). The third-order valence-corrected chi connectivity index (χ3v) is 5.16. The molecule has 0 aliphatic carbocycles. The first-order valence-corrected chi connectivity index (χ1v) is 8.99. The van der Waals surface area contributed by atoms with Crippen LogP contribution in [0.5, 0.6) is 0 Å². The van der Waals surface area contributed by atoms with Gasteiger partial charge in [-0.2, -0.15) is 11.3 Å². The van der Waals surface area contributed by atoms with E-state index in [0.29, 0.717) is 5.92 Å². The van der Waals surface area contributed by atoms with Crippen LogP contribution in [0.3, 0.4) is 0 Å². The van der Waals surface area contributed by atoms with E-state index in [1.54, 1.807) is 11.3 Å². The van der Waals surface area contributed by atoms with Gasteiger partial charge in [-0.15, -0.1) is 11.3 Å². The lowest BCUT2D eigenvalue weighted by Crippen LogP contribution is -2.41. The minimum atomic E-state index is 0.499. The first kappa shape index (κ1) is 16.0. The van der Waals surface area contributed by atoms with E-state index in [2.05, 4.69) is 63.5 Å². The molecule has 2 heterocycles. The van der Waals surface area contributed by atoms with Gasteiger partial charge in [0.15, 0.2) is 5.96 Å². The van der Waals surface area contributed by atoms with Gasteiger partial charge < -0.3 is 10.2 Å². The molecular weight excluding hydrogens is 298 g/mol. The number of hydrogen-bond acceptors (Lipinski definition) is 3. The van der Waals surface area contributed by atoms with Crippen LogP contribution in [0.25, 0.3) is 0 Å². The Bertz CT molecular complexity index is 532. The number of likely N-dealkylation sites (N-methyl/N-ethyl adjacent to an activating group) is 1. The first-order valence-electron chi connectivity index (χ1n) is 7.17.